The summed E-state index contributed by atoms with van der Waals surface area (Å²) in [5, 5.41) is 6.80. The maximum absolute atomic E-state index is 12.6. The lowest BCUT2D eigenvalue weighted by Gasteiger charge is -2.17. The molecule has 3 N–H and O–H groups in total. The number of carbonyl (C=O) groups excluding carboxylic acids is 1. The molecule has 24 heavy (non-hydrogen) atoms. The molecule has 0 saturated carbocycles. The van der Waals surface area contributed by atoms with Crippen molar-refractivity contribution in [2.75, 3.05) is 13.1 Å². The van der Waals surface area contributed by atoms with Gasteiger partial charge in [-0.1, -0.05) is 6.92 Å². The molecule has 2 aromatic heterocycles. The van der Waals surface area contributed by atoms with E-state index in [2.05, 4.69) is 22.5 Å². The van der Waals surface area contributed by atoms with E-state index in [0.717, 1.165) is 29.5 Å². The van der Waals surface area contributed by atoms with Crippen LogP contribution in [0.15, 0.2) is 4.79 Å². The normalized spacial score (nSPS) is 18.4. The first-order valence-corrected chi connectivity index (χ1v) is 9.29. The van der Waals surface area contributed by atoms with Gasteiger partial charge in [-0.05, 0) is 37.7 Å². The molecule has 0 aromatic carbocycles. The van der Waals surface area contributed by atoms with Crippen molar-refractivity contribution in [3.05, 3.63) is 26.6 Å². The lowest BCUT2D eigenvalue weighted by molar-refractivity contribution is -0.118. The van der Waals surface area contributed by atoms with Gasteiger partial charge in [-0.15, -0.1) is 11.3 Å². The number of hydrogen-bond donors (Lipinski definition) is 3. The summed E-state index contributed by atoms with van der Waals surface area (Å²) < 4.78 is 0. The molecule has 0 bridgehead atoms. The highest BCUT2D eigenvalue weighted by molar-refractivity contribution is 7.18. The molecule has 130 valence electrons. The predicted molar refractivity (Wildman–Crippen MR) is 96.5 cm³/mol. The van der Waals surface area contributed by atoms with E-state index in [1.54, 1.807) is 11.3 Å². The Kier molecular flexibility index (Phi) is 5.01. The average molecular weight is 348 g/mol. The Labute approximate surface area is 145 Å². The van der Waals surface area contributed by atoms with Crippen LogP contribution in [0.2, 0.25) is 0 Å². The first kappa shape index (κ1) is 17.1. The number of nitrogens with zero attached hydrogens (tertiary/aromatic N) is 1. The van der Waals surface area contributed by atoms with Gasteiger partial charge < -0.3 is 15.6 Å². The summed E-state index contributed by atoms with van der Waals surface area (Å²) in [6.07, 6.45) is 3.17. The zero-order chi connectivity index (χ0) is 17.3. The van der Waals surface area contributed by atoms with Gasteiger partial charge in [-0.25, -0.2) is 4.98 Å². The number of aromatic amines is 1. The Hall–Kier alpha value is -1.73. The standard InChI is InChI=1S/C17H24N4O2S/c1-9-4-5-12-13(8-9)24-17-14(12)16(23)20-15(21-17)10(2)18-6-7-19-11(3)22/h9-10,18H,4-8H2,1-3H3,(H,19,22)(H,20,21,23)/t9-,10+/m0/s1. The number of hydrogen-bond acceptors (Lipinski definition) is 5. The molecule has 0 spiro atoms. The van der Waals surface area contributed by atoms with Crippen molar-refractivity contribution in [2.24, 2.45) is 5.92 Å². The number of carbonyl (C=O) groups is 1. The van der Waals surface area contributed by atoms with E-state index in [0.29, 0.717) is 24.8 Å². The van der Waals surface area contributed by atoms with Crippen LogP contribution in [0.3, 0.4) is 0 Å². The van der Waals surface area contributed by atoms with Crippen molar-refractivity contribution in [1.29, 1.82) is 0 Å². The molecular formula is C17H24N4O2S. The number of amides is 1. The molecule has 7 heteroatoms. The number of aromatic nitrogens is 2. The van der Waals surface area contributed by atoms with Crippen LogP contribution >= 0.6 is 11.3 Å². The van der Waals surface area contributed by atoms with Crippen molar-refractivity contribution in [2.45, 2.75) is 46.1 Å². The molecule has 0 aliphatic heterocycles. The molecule has 0 unspecified atom stereocenters. The van der Waals surface area contributed by atoms with Crippen LogP contribution in [0.25, 0.3) is 10.2 Å². The molecule has 2 aromatic rings. The third-order valence-electron chi connectivity index (χ3n) is 4.54. The minimum Gasteiger partial charge on any atom is -0.355 e. The van der Waals surface area contributed by atoms with Gasteiger partial charge in [0.25, 0.3) is 5.56 Å². The van der Waals surface area contributed by atoms with Gasteiger partial charge in [0.15, 0.2) is 0 Å². The Morgan fingerprint density at radius 2 is 2.25 bits per heavy atom. The fourth-order valence-corrected chi connectivity index (χ4v) is 4.58. The Morgan fingerprint density at radius 3 is 3.00 bits per heavy atom. The second kappa shape index (κ2) is 7.03. The summed E-state index contributed by atoms with van der Waals surface area (Å²) >= 11 is 1.67. The van der Waals surface area contributed by atoms with Gasteiger partial charge in [0.2, 0.25) is 5.91 Å². The first-order valence-electron chi connectivity index (χ1n) is 8.48. The van der Waals surface area contributed by atoms with Crippen molar-refractivity contribution in [3.63, 3.8) is 0 Å². The summed E-state index contributed by atoms with van der Waals surface area (Å²) in [7, 11) is 0. The third kappa shape index (κ3) is 3.52. The number of aryl methyl sites for hydroxylation is 1. The van der Waals surface area contributed by atoms with E-state index < -0.39 is 0 Å². The SMILES string of the molecule is CC(=O)NCCN[C@H](C)c1nc2sc3c(c2c(=O)[nH]1)CC[C@H](C)C3. The Balaban J connectivity index is 1.80. The summed E-state index contributed by atoms with van der Waals surface area (Å²) in [4.78, 5) is 33.2. The number of rotatable bonds is 5. The highest BCUT2D eigenvalue weighted by Crippen LogP contribution is 2.35. The third-order valence-corrected chi connectivity index (χ3v) is 5.69. The summed E-state index contributed by atoms with van der Waals surface area (Å²) in [6, 6.07) is -0.0751. The molecule has 1 aliphatic rings. The van der Waals surface area contributed by atoms with Gasteiger partial charge >= 0.3 is 0 Å². The predicted octanol–water partition coefficient (Wildman–Crippen LogP) is 1.90. The largest absolute Gasteiger partial charge is 0.355 e. The van der Waals surface area contributed by atoms with E-state index >= 15 is 0 Å². The number of thiophene rings is 1. The van der Waals surface area contributed by atoms with Crippen LogP contribution in [0.5, 0.6) is 0 Å². The van der Waals surface area contributed by atoms with Crippen molar-refractivity contribution in [3.8, 4) is 0 Å². The highest BCUT2D eigenvalue weighted by atomic mass is 32.1. The lowest BCUT2D eigenvalue weighted by atomic mass is 9.89. The first-order chi connectivity index (χ1) is 11.5. The molecule has 2 atom stereocenters. The van der Waals surface area contributed by atoms with E-state index in [9.17, 15) is 9.59 Å². The topological polar surface area (TPSA) is 86.9 Å². The minimum atomic E-state index is -0.0751. The number of fused-ring (bicyclic) bond motifs is 3. The molecule has 1 amide bonds. The van der Waals surface area contributed by atoms with Crippen LogP contribution in [0.1, 0.15) is 49.5 Å². The van der Waals surface area contributed by atoms with Gasteiger partial charge in [0.1, 0.15) is 10.7 Å². The number of H-pyrrole nitrogens is 1. The zero-order valence-corrected chi connectivity index (χ0v) is 15.2. The molecular weight excluding hydrogens is 324 g/mol. The highest BCUT2D eigenvalue weighted by Gasteiger charge is 2.23. The maximum atomic E-state index is 12.6. The summed E-state index contributed by atoms with van der Waals surface area (Å²) in [6.45, 7) is 6.90. The molecule has 6 nitrogen and oxygen atoms in total. The molecule has 0 saturated heterocycles. The molecule has 1 aliphatic carbocycles. The van der Waals surface area contributed by atoms with Gasteiger partial charge in [-0.2, -0.15) is 0 Å². The van der Waals surface area contributed by atoms with Crippen molar-refractivity contribution in [1.82, 2.24) is 20.6 Å². The fourth-order valence-electron chi connectivity index (χ4n) is 3.19. The van der Waals surface area contributed by atoms with Gasteiger partial charge in [0, 0.05) is 24.9 Å². The molecule has 0 radical (unpaired) electrons. The number of nitrogens with one attached hydrogen (secondary N) is 3. The lowest BCUT2D eigenvalue weighted by Crippen LogP contribution is -2.32. The van der Waals surface area contributed by atoms with Crippen LogP contribution < -0.4 is 16.2 Å². The van der Waals surface area contributed by atoms with E-state index in [-0.39, 0.29) is 17.5 Å². The summed E-state index contributed by atoms with van der Waals surface area (Å²) in [5.41, 5.74) is 1.18. The van der Waals surface area contributed by atoms with E-state index in [1.165, 1.54) is 17.4 Å². The smallest absolute Gasteiger partial charge is 0.259 e. The average Bonchev–Trinajstić information content (AvgIpc) is 2.88. The second-order valence-electron chi connectivity index (χ2n) is 6.64. The summed E-state index contributed by atoms with van der Waals surface area (Å²) in [5.74, 6) is 1.29. The molecule has 3 rings (SSSR count). The quantitative estimate of drug-likeness (QED) is 0.720. The monoisotopic (exact) mass is 348 g/mol. The van der Waals surface area contributed by atoms with Crippen LogP contribution in [-0.2, 0) is 17.6 Å². The van der Waals surface area contributed by atoms with Crippen LogP contribution in [0, 0.1) is 5.92 Å². The van der Waals surface area contributed by atoms with E-state index in [4.69, 9.17) is 4.98 Å². The van der Waals surface area contributed by atoms with Crippen molar-refractivity contribution >= 4 is 27.5 Å². The van der Waals surface area contributed by atoms with Crippen LogP contribution in [0.4, 0.5) is 0 Å². The Morgan fingerprint density at radius 1 is 1.46 bits per heavy atom. The zero-order valence-electron chi connectivity index (χ0n) is 14.4. The van der Waals surface area contributed by atoms with Gasteiger partial charge in [-0.3, -0.25) is 9.59 Å². The molecule has 2 heterocycles. The van der Waals surface area contributed by atoms with Crippen molar-refractivity contribution < 1.29 is 4.79 Å². The van der Waals surface area contributed by atoms with Gasteiger partial charge in [0.05, 0.1) is 11.4 Å². The van der Waals surface area contributed by atoms with E-state index in [1.807, 2.05) is 6.92 Å². The molecule has 0 fully saturated rings. The minimum absolute atomic E-state index is 0.0300. The van der Waals surface area contributed by atoms with Crippen LogP contribution in [-0.4, -0.2) is 29.0 Å². The second-order valence-corrected chi connectivity index (χ2v) is 7.73. The fraction of sp³-hybridized carbons (Fsp3) is 0.588. The Bertz CT molecular complexity index is 811. The maximum Gasteiger partial charge on any atom is 0.259 e.